The molecule has 0 atom stereocenters. The van der Waals surface area contributed by atoms with E-state index >= 15 is 0 Å². The summed E-state index contributed by atoms with van der Waals surface area (Å²) >= 11 is 0. The first-order valence-corrected chi connectivity index (χ1v) is 8.22. The van der Waals surface area contributed by atoms with Crippen molar-refractivity contribution < 1.29 is 14.4 Å². The molecule has 0 spiro atoms. The maximum absolute atomic E-state index is 12.2. The number of carbonyl (C=O) groups excluding carboxylic acids is 3. The number of nitrogens with zero attached hydrogens (tertiary/aromatic N) is 3. The third-order valence-electron chi connectivity index (χ3n) is 4.13. The molecule has 1 aromatic heterocycles. The molecule has 1 aliphatic heterocycles. The number of hydrogen-bond acceptors (Lipinski definition) is 5. The lowest BCUT2D eigenvalue weighted by Gasteiger charge is -2.13. The summed E-state index contributed by atoms with van der Waals surface area (Å²) in [6.45, 7) is 2.30. The minimum absolute atomic E-state index is 0.00646. The Morgan fingerprint density at radius 3 is 2.35 bits per heavy atom. The maximum atomic E-state index is 12.2. The Morgan fingerprint density at radius 2 is 1.73 bits per heavy atom. The topological polar surface area (TPSA) is 101 Å². The fourth-order valence-electron chi connectivity index (χ4n) is 2.74. The van der Waals surface area contributed by atoms with Crippen LogP contribution in [0.5, 0.6) is 0 Å². The molecule has 2 heterocycles. The van der Waals surface area contributed by atoms with E-state index in [1.54, 1.807) is 31.2 Å². The van der Waals surface area contributed by atoms with Gasteiger partial charge in [-0.25, -0.2) is 4.98 Å². The van der Waals surface area contributed by atoms with E-state index in [0.29, 0.717) is 23.4 Å². The fourth-order valence-corrected chi connectivity index (χ4v) is 2.74. The predicted octanol–water partition coefficient (Wildman–Crippen LogP) is 0.354. The number of carbonyl (C=O) groups is 3. The van der Waals surface area contributed by atoms with Gasteiger partial charge in [0.25, 0.3) is 17.4 Å². The van der Waals surface area contributed by atoms with Crippen molar-refractivity contribution in [2.45, 2.75) is 19.9 Å². The molecule has 3 amide bonds. The number of nitrogens with one attached hydrogen (secondary N) is 1. The van der Waals surface area contributed by atoms with E-state index in [1.165, 1.54) is 17.0 Å². The van der Waals surface area contributed by atoms with Gasteiger partial charge in [0.05, 0.1) is 17.5 Å². The number of imide groups is 1. The van der Waals surface area contributed by atoms with Crippen molar-refractivity contribution in [2.75, 3.05) is 13.1 Å². The van der Waals surface area contributed by atoms with Gasteiger partial charge in [0, 0.05) is 37.8 Å². The average molecular weight is 354 g/mol. The van der Waals surface area contributed by atoms with E-state index in [0.717, 1.165) is 4.90 Å². The molecule has 0 saturated heterocycles. The van der Waals surface area contributed by atoms with Crippen LogP contribution in [0.25, 0.3) is 0 Å². The van der Waals surface area contributed by atoms with Gasteiger partial charge in [-0.2, -0.15) is 0 Å². The smallest absolute Gasteiger partial charge is 0.261 e. The van der Waals surface area contributed by atoms with Gasteiger partial charge in [-0.05, 0) is 19.1 Å². The Bertz CT molecular complexity index is 900. The maximum Gasteiger partial charge on any atom is 0.261 e. The molecular weight excluding hydrogens is 336 g/mol. The molecule has 0 unspecified atom stereocenters. The van der Waals surface area contributed by atoms with E-state index in [-0.39, 0.29) is 42.8 Å². The van der Waals surface area contributed by atoms with Crippen molar-refractivity contribution in [3.05, 3.63) is 63.8 Å². The van der Waals surface area contributed by atoms with Gasteiger partial charge in [0.1, 0.15) is 0 Å². The van der Waals surface area contributed by atoms with Gasteiger partial charge < -0.3 is 5.32 Å². The molecule has 8 heteroatoms. The number of amides is 3. The first-order valence-electron chi connectivity index (χ1n) is 8.22. The summed E-state index contributed by atoms with van der Waals surface area (Å²) in [7, 11) is 0. The molecule has 0 saturated carbocycles. The third kappa shape index (κ3) is 3.53. The van der Waals surface area contributed by atoms with Crippen LogP contribution in [0.3, 0.4) is 0 Å². The minimum Gasteiger partial charge on any atom is -0.354 e. The predicted molar refractivity (Wildman–Crippen MR) is 92.7 cm³/mol. The van der Waals surface area contributed by atoms with E-state index in [2.05, 4.69) is 10.3 Å². The van der Waals surface area contributed by atoms with E-state index in [1.807, 2.05) is 0 Å². The number of hydrogen-bond donors (Lipinski definition) is 1. The highest BCUT2D eigenvalue weighted by Gasteiger charge is 2.34. The molecule has 2 aromatic rings. The summed E-state index contributed by atoms with van der Waals surface area (Å²) < 4.78 is 1.40. The first-order chi connectivity index (χ1) is 12.5. The zero-order valence-electron chi connectivity index (χ0n) is 14.3. The monoisotopic (exact) mass is 354 g/mol. The summed E-state index contributed by atoms with van der Waals surface area (Å²) in [6, 6.07) is 8.01. The van der Waals surface area contributed by atoms with Gasteiger partial charge in [0.2, 0.25) is 5.91 Å². The third-order valence-corrected chi connectivity index (χ3v) is 4.13. The van der Waals surface area contributed by atoms with Gasteiger partial charge in [-0.1, -0.05) is 12.1 Å². The quantitative estimate of drug-likeness (QED) is 0.755. The Morgan fingerprint density at radius 1 is 1.08 bits per heavy atom. The second kappa shape index (κ2) is 7.30. The van der Waals surface area contributed by atoms with Crippen molar-refractivity contribution in [2.24, 2.45) is 0 Å². The Kier molecular flexibility index (Phi) is 4.92. The molecule has 134 valence electrons. The molecule has 8 nitrogen and oxygen atoms in total. The fraction of sp³-hybridized carbons (Fsp3) is 0.278. The van der Waals surface area contributed by atoms with Crippen LogP contribution in [0.2, 0.25) is 0 Å². The molecule has 1 aromatic carbocycles. The second-order valence-corrected chi connectivity index (χ2v) is 5.97. The Hall–Kier alpha value is -3.29. The van der Waals surface area contributed by atoms with Crippen LogP contribution >= 0.6 is 0 Å². The van der Waals surface area contributed by atoms with Gasteiger partial charge >= 0.3 is 0 Å². The van der Waals surface area contributed by atoms with Crippen molar-refractivity contribution >= 4 is 17.7 Å². The molecule has 0 radical (unpaired) electrons. The molecular formula is C18H18N4O4. The van der Waals surface area contributed by atoms with E-state index in [4.69, 9.17) is 0 Å². The van der Waals surface area contributed by atoms with Crippen LogP contribution in [0, 0.1) is 6.92 Å². The zero-order valence-corrected chi connectivity index (χ0v) is 14.3. The molecule has 0 aliphatic carbocycles. The van der Waals surface area contributed by atoms with Crippen molar-refractivity contribution in [3.63, 3.8) is 0 Å². The molecule has 3 rings (SSSR count). The minimum atomic E-state index is -0.379. The molecule has 1 N–H and O–H groups in total. The second-order valence-electron chi connectivity index (χ2n) is 5.97. The lowest BCUT2D eigenvalue weighted by Crippen LogP contribution is -2.36. The summed E-state index contributed by atoms with van der Waals surface area (Å²) in [5.41, 5.74) is 1.18. The highest BCUT2D eigenvalue weighted by molar-refractivity contribution is 6.21. The molecule has 1 aliphatic rings. The number of benzene rings is 1. The van der Waals surface area contributed by atoms with Crippen molar-refractivity contribution in [1.82, 2.24) is 19.8 Å². The van der Waals surface area contributed by atoms with Crippen LogP contribution in [0.1, 0.15) is 32.8 Å². The van der Waals surface area contributed by atoms with E-state index < -0.39 is 0 Å². The number of fused-ring (bicyclic) bond motifs is 1. The molecule has 26 heavy (non-hydrogen) atoms. The number of aromatic nitrogens is 2. The Labute approximate surface area is 149 Å². The SMILES string of the molecule is Cc1cc(=O)n(CCNC(=O)CCN2C(=O)c3ccccc3C2=O)cn1. The van der Waals surface area contributed by atoms with Crippen LogP contribution in [-0.2, 0) is 11.3 Å². The molecule has 0 fully saturated rings. The number of aryl methyl sites for hydroxylation is 1. The lowest BCUT2D eigenvalue weighted by atomic mass is 10.1. The normalized spacial score (nSPS) is 13.0. The van der Waals surface area contributed by atoms with E-state index in [9.17, 15) is 19.2 Å². The standard InChI is InChI=1S/C18H18N4O4/c1-12-10-16(24)21(11-20-12)9-7-19-15(23)6-8-22-17(25)13-4-2-3-5-14(13)18(22)26/h2-5,10-11H,6-9H2,1H3,(H,19,23). The number of rotatable bonds is 6. The van der Waals surface area contributed by atoms with Crippen LogP contribution in [0.4, 0.5) is 0 Å². The Balaban J connectivity index is 1.48. The average Bonchev–Trinajstić information content (AvgIpc) is 2.86. The summed E-state index contributed by atoms with van der Waals surface area (Å²) in [4.78, 5) is 53.2. The summed E-state index contributed by atoms with van der Waals surface area (Å²) in [6.07, 6.45) is 1.44. The zero-order chi connectivity index (χ0) is 18.7. The summed E-state index contributed by atoms with van der Waals surface area (Å²) in [5, 5.41) is 2.67. The van der Waals surface area contributed by atoms with Gasteiger partial charge in [-0.15, -0.1) is 0 Å². The largest absolute Gasteiger partial charge is 0.354 e. The van der Waals surface area contributed by atoms with Crippen molar-refractivity contribution in [3.8, 4) is 0 Å². The van der Waals surface area contributed by atoms with Crippen LogP contribution < -0.4 is 10.9 Å². The highest BCUT2D eigenvalue weighted by atomic mass is 16.2. The molecule has 0 bridgehead atoms. The van der Waals surface area contributed by atoms with Crippen LogP contribution in [0.15, 0.2) is 41.5 Å². The first kappa shape index (κ1) is 17.5. The van der Waals surface area contributed by atoms with Crippen LogP contribution in [-0.4, -0.2) is 45.3 Å². The van der Waals surface area contributed by atoms with Crippen molar-refractivity contribution in [1.29, 1.82) is 0 Å². The lowest BCUT2D eigenvalue weighted by molar-refractivity contribution is -0.121. The van der Waals surface area contributed by atoms with Gasteiger partial charge in [0.15, 0.2) is 0 Å². The highest BCUT2D eigenvalue weighted by Crippen LogP contribution is 2.22. The van der Waals surface area contributed by atoms with Gasteiger partial charge in [-0.3, -0.25) is 28.6 Å². The summed E-state index contributed by atoms with van der Waals surface area (Å²) in [5.74, 6) is -1.05.